The highest BCUT2D eigenvalue weighted by Crippen LogP contribution is 2.22. The van der Waals surface area contributed by atoms with Crippen LogP contribution >= 0.6 is 11.8 Å². The van der Waals surface area contributed by atoms with Gasteiger partial charge < -0.3 is 11.5 Å². The lowest BCUT2D eigenvalue weighted by atomic mass is 10.4. The number of nitrogens with zero attached hydrogens (tertiary/aromatic N) is 1. The van der Waals surface area contributed by atoms with Crippen molar-refractivity contribution in [1.82, 2.24) is 4.98 Å². The van der Waals surface area contributed by atoms with Gasteiger partial charge in [0.25, 0.3) is 0 Å². The zero-order valence-corrected chi connectivity index (χ0v) is 7.17. The summed E-state index contributed by atoms with van der Waals surface area (Å²) in [6.07, 6.45) is 3.17. The number of hydrogen-bond acceptors (Lipinski definition) is 4. The van der Waals surface area contributed by atoms with Gasteiger partial charge in [0.05, 0.1) is 17.6 Å². The summed E-state index contributed by atoms with van der Waals surface area (Å²) >= 11 is 1.32. The molecule has 0 aromatic carbocycles. The summed E-state index contributed by atoms with van der Waals surface area (Å²) in [5.41, 5.74) is 11.1. The van der Waals surface area contributed by atoms with E-state index in [1.807, 2.05) is 0 Å². The first kappa shape index (κ1) is 8.86. The average molecular weight is 183 g/mol. The van der Waals surface area contributed by atoms with Gasteiger partial charge in [0, 0.05) is 11.1 Å². The molecule has 1 aromatic heterocycles. The number of hydrogen-bond donors (Lipinski definition) is 2. The van der Waals surface area contributed by atoms with Gasteiger partial charge in [0.1, 0.15) is 0 Å². The number of carbonyl (C=O) groups is 1. The second-order valence-corrected chi connectivity index (χ2v) is 3.19. The Morgan fingerprint density at radius 3 is 3.00 bits per heavy atom. The Kier molecular flexibility index (Phi) is 2.93. The third-order valence-corrected chi connectivity index (χ3v) is 2.29. The largest absolute Gasteiger partial charge is 0.397 e. The number of carbonyl (C=O) groups excluding carboxylic acids is 1. The molecule has 0 aliphatic carbocycles. The second kappa shape index (κ2) is 3.96. The highest BCUT2D eigenvalue weighted by atomic mass is 32.2. The van der Waals surface area contributed by atoms with E-state index in [9.17, 15) is 4.79 Å². The Labute approximate surface area is 74.3 Å². The van der Waals surface area contributed by atoms with Crippen molar-refractivity contribution >= 4 is 23.4 Å². The van der Waals surface area contributed by atoms with Gasteiger partial charge in [0.2, 0.25) is 5.91 Å². The molecule has 0 bridgehead atoms. The number of nitrogens with two attached hydrogens (primary N) is 2. The van der Waals surface area contributed by atoms with Crippen molar-refractivity contribution in [3.63, 3.8) is 0 Å². The van der Waals surface area contributed by atoms with Gasteiger partial charge in [-0.05, 0) is 6.07 Å². The SMILES string of the molecule is NC(=O)CSc1ccncc1N. The Bertz CT molecular complexity index is 290. The number of nitrogen functional groups attached to an aromatic ring is 1. The first-order valence-electron chi connectivity index (χ1n) is 3.30. The molecule has 1 rings (SSSR count). The summed E-state index contributed by atoms with van der Waals surface area (Å²) in [4.78, 5) is 15.1. The van der Waals surface area contributed by atoms with Crippen molar-refractivity contribution < 1.29 is 4.79 Å². The van der Waals surface area contributed by atoms with E-state index in [0.717, 1.165) is 4.90 Å². The minimum atomic E-state index is -0.351. The molecule has 0 saturated heterocycles. The smallest absolute Gasteiger partial charge is 0.227 e. The summed E-state index contributed by atoms with van der Waals surface area (Å²) in [5, 5.41) is 0. The number of rotatable bonds is 3. The lowest BCUT2D eigenvalue weighted by molar-refractivity contribution is -0.115. The van der Waals surface area contributed by atoms with Crippen LogP contribution in [0.1, 0.15) is 0 Å². The molecule has 4 N–H and O–H groups in total. The molecule has 1 aromatic rings. The predicted octanol–water partition coefficient (Wildman–Crippen LogP) is 0.241. The van der Waals surface area contributed by atoms with Crippen LogP contribution in [0.25, 0.3) is 0 Å². The van der Waals surface area contributed by atoms with Crippen LogP contribution < -0.4 is 11.5 Å². The van der Waals surface area contributed by atoms with E-state index < -0.39 is 0 Å². The molecule has 0 radical (unpaired) electrons. The number of aromatic nitrogens is 1. The summed E-state index contributed by atoms with van der Waals surface area (Å²) in [6, 6.07) is 1.75. The minimum Gasteiger partial charge on any atom is -0.397 e. The number of anilines is 1. The quantitative estimate of drug-likeness (QED) is 0.658. The summed E-state index contributed by atoms with van der Waals surface area (Å²) < 4.78 is 0. The van der Waals surface area contributed by atoms with E-state index >= 15 is 0 Å². The van der Waals surface area contributed by atoms with Gasteiger partial charge in [-0.25, -0.2) is 0 Å². The molecule has 64 valence electrons. The normalized spacial score (nSPS) is 9.67. The van der Waals surface area contributed by atoms with E-state index in [1.165, 1.54) is 11.8 Å². The maximum Gasteiger partial charge on any atom is 0.227 e. The van der Waals surface area contributed by atoms with E-state index in [1.54, 1.807) is 18.5 Å². The Hall–Kier alpha value is -1.23. The molecule has 1 heterocycles. The first-order chi connectivity index (χ1) is 5.70. The average Bonchev–Trinajstić information content (AvgIpc) is 2.03. The van der Waals surface area contributed by atoms with E-state index in [4.69, 9.17) is 11.5 Å². The van der Waals surface area contributed by atoms with E-state index in [-0.39, 0.29) is 11.7 Å². The minimum absolute atomic E-state index is 0.244. The zero-order chi connectivity index (χ0) is 8.97. The van der Waals surface area contributed by atoms with Crippen LogP contribution in [0.2, 0.25) is 0 Å². The van der Waals surface area contributed by atoms with Gasteiger partial charge in [-0.3, -0.25) is 9.78 Å². The molecular weight excluding hydrogens is 174 g/mol. The van der Waals surface area contributed by atoms with Crippen LogP contribution in [-0.2, 0) is 4.79 Å². The summed E-state index contributed by atoms with van der Waals surface area (Å²) in [7, 11) is 0. The number of pyridine rings is 1. The van der Waals surface area contributed by atoms with Crippen molar-refractivity contribution in [2.75, 3.05) is 11.5 Å². The van der Waals surface area contributed by atoms with Gasteiger partial charge in [-0.1, -0.05) is 0 Å². The van der Waals surface area contributed by atoms with E-state index in [2.05, 4.69) is 4.98 Å². The molecule has 1 amide bonds. The fourth-order valence-electron chi connectivity index (χ4n) is 0.674. The third kappa shape index (κ3) is 2.43. The Balaban J connectivity index is 2.63. The van der Waals surface area contributed by atoms with Crippen molar-refractivity contribution in [2.24, 2.45) is 5.73 Å². The molecule has 4 nitrogen and oxygen atoms in total. The number of thioether (sulfide) groups is 1. The number of primary amides is 1. The van der Waals surface area contributed by atoms with Crippen molar-refractivity contribution in [3.05, 3.63) is 18.5 Å². The lowest BCUT2D eigenvalue weighted by Crippen LogP contribution is -2.13. The molecule has 0 spiro atoms. The fourth-order valence-corrected chi connectivity index (χ4v) is 1.35. The van der Waals surface area contributed by atoms with Crippen LogP contribution in [0.15, 0.2) is 23.4 Å². The fraction of sp³-hybridized carbons (Fsp3) is 0.143. The molecule has 0 aliphatic rings. The maximum atomic E-state index is 10.4. The third-order valence-electron chi connectivity index (χ3n) is 1.18. The molecule has 12 heavy (non-hydrogen) atoms. The monoisotopic (exact) mass is 183 g/mol. The van der Waals surface area contributed by atoms with Gasteiger partial charge >= 0.3 is 0 Å². The molecule has 0 aliphatic heterocycles. The maximum absolute atomic E-state index is 10.4. The molecule has 0 unspecified atom stereocenters. The zero-order valence-electron chi connectivity index (χ0n) is 6.36. The molecule has 0 saturated carbocycles. The van der Waals surface area contributed by atoms with Gasteiger partial charge in [0.15, 0.2) is 0 Å². The van der Waals surface area contributed by atoms with E-state index in [0.29, 0.717) is 5.69 Å². The summed E-state index contributed by atoms with van der Waals surface area (Å²) in [6.45, 7) is 0. The lowest BCUT2D eigenvalue weighted by Gasteiger charge is -2.01. The summed E-state index contributed by atoms with van der Waals surface area (Å²) in [5.74, 6) is -0.106. The second-order valence-electron chi connectivity index (χ2n) is 2.17. The van der Waals surface area contributed by atoms with Gasteiger partial charge in [-0.15, -0.1) is 11.8 Å². The van der Waals surface area contributed by atoms with Crippen LogP contribution in [0, 0.1) is 0 Å². The van der Waals surface area contributed by atoms with Crippen LogP contribution in [0.5, 0.6) is 0 Å². The molecule has 0 fully saturated rings. The highest BCUT2D eigenvalue weighted by molar-refractivity contribution is 8.00. The Morgan fingerprint density at radius 1 is 1.67 bits per heavy atom. The molecule has 5 heteroatoms. The highest BCUT2D eigenvalue weighted by Gasteiger charge is 2.00. The first-order valence-corrected chi connectivity index (χ1v) is 4.29. The van der Waals surface area contributed by atoms with Crippen LogP contribution in [0.3, 0.4) is 0 Å². The topological polar surface area (TPSA) is 82.0 Å². The van der Waals surface area contributed by atoms with Crippen molar-refractivity contribution in [3.8, 4) is 0 Å². The standard InChI is InChI=1S/C7H9N3OS/c8-5-3-10-2-1-6(5)12-4-7(9)11/h1-3H,4,8H2,(H2,9,11). The number of amides is 1. The predicted molar refractivity (Wildman–Crippen MR) is 48.6 cm³/mol. The van der Waals surface area contributed by atoms with Crippen molar-refractivity contribution in [2.45, 2.75) is 4.90 Å². The van der Waals surface area contributed by atoms with Gasteiger partial charge in [-0.2, -0.15) is 0 Å². The molecular formula is C7H9N3OS. The molecule has 0 atom stereocenters. The van der Waals surface area contributed by atoms with Crippen LogP contribution in [-0.4, -0.2) is 16.6 Å². The van der Waals surface area contributed by atoms with Crippen molar-refractivity contribution in [1.29, 1.82) is 0 Å². The van der Waals surface area contributed by atoms with Crippen LogP contribution in [0.4, 0.5) is 5.69 Å². The Morgan fingerprint density at radius 2 is 2.42 bits per heavy atom.